The lowest BCUT2D eigenvalue weighted by atomic mass is 9.74. The van der Waals surface area contributed by atoms with Crippen molar-refractivity contribution in [3.05, 3.63) is 60.2 Å². The van der Waals surface area contributed by atoms with Crippen LogP contribution in [0.15, 0.2) is 54.6 Å². The normalized spacial score (nSPS) is 16.0. The van der Waals surface area contributed by atoms with Crippen LogP contribution in [0, 0.1) is 0 Å². The maximum absolute atomic E-state index is 12.3. The van der Waals surface area contributed by atoms with Crippen molar-refractivity contribution in [1.82, 2.24) is 5.32 Å². The average Bonchev–Trinajstić information content (AvgIpc) is 2.68. The number of amides is 2. The zero-order valence-corrected chi connectivity index (χ0v) is 14.5. The van der Waals surface area contributed by atoms with Gasteiger partial charge >= 0.3 is 6.03 Å². The number of benzene rings is 2. The van der Waals surface area contributed by atoms with Gasteiger partial charge in [0.05, 0.1) is 7.11 Å². The van der Waals surface area contributed by atoms with Gasteiger partial charge in [0.2, 0.25) is 0 Å². The number of nitrogens with one attached hydrogen (secondary N) is 2. The van der Waals surface area contributed by atoms with Gasteiger partial charge in [-0.15, -0.1) is 0 Å². The van der Waals surface area contributed by atoms with Gasteiger partial charge in [-0.3, -0.25) is 0 Å². The molecule has 2 amide bonds. The van der Waals surface area contributed by atoms with Crippen molar-refractivity contribution in [2.45, 2.75) is 18.3 Å². The van der Waals surface area contributed by atoms with Crippen molar-refractivity contribution in [3.63, 3.8) is 0 Å². The van der Waals surface area contributed by atoms with Crippen LogP contribution in [0.3, 0.4) is 0 Å². The SMILES string of the molecule is COc1ccc(NC(=O)NCC2(c3ccccc3)CCOCC2)cc1. The number of ether oxygens (including phenoxy) is 2. The highest BCUT2D eigenvalue weighted by Crippen LogP contribution is 2.34. The standard InChI is InChI=1S/C20H24N2O3/c1-24-18-9-7-17(8-10-18)22-19(23)21-15-20(11-13-25-14-12-20)16-5-3-2-4-6-16/h2-10H,11-15H2,1H3,(H2,21,22,23). The van der Waals surface area contributed by atoms with Crippen molar-refractivity contribution in [1.29, 1.82) is 0 Å². The van der Waals surface area contributed by atoms with E-state index in [1.807, 2.05) is 42.5 Å². The number of methoxy groups -OCH3 is 1. The van der Waals surface area contributed by atoms with Gasteiger partial charge in [-0.1, -0.05) is 30.3 Å². The first-order valence-corrected chi connectivity index (χ1v) is 8.54. The van der Waals surface area contributed by atoms with Crippen LogP contribution in [0.1, 0.15) is 18.4 Å². The summed E-state index contributed by atoms with van der Waals surface area (Å²) in [6.45, 7) is 2.02. The molecule has 1 saturated heterocycles. The van der Waals surface area contributed by atoms with Crippen LogP contribution in [0.2, 0.25) is 0 Å². The Hall–Kier alpha value is -2.53. The van der Waals surface area contributed by atoms with E-state index in [4.69, 9.17) is 9.47 Å². The van der Waals surface area contributed by atoms with Gasteiger partial charge in [0, 0.05) is 30.9 Å². The summed E-state index contributed by atoms with van der Waals surface area (Å²) in [7, 11) is 1.62. The Bertz CT molecular complexity index is 680. The lowest BCUT2D eigenvalue weighted by molar-refractivity contribution is 0.0508. The third-order valence-corrected chi connectivity index (χ3v) is 4.77. The molecule has 0 unspecified atom stereocenters. The second-order valence-electron chi connectivity index (χ2n) is 6.29. The summed E-state index contributed by atoms with van der Waals surface area (Å²) in [4.78, 5) is 12.3. The molecular weight excluding hydrogens is 316 g/mol. The van der Waals surface area contributed by atoms with Crippen LogP contribution in [-0.2, 0) is 10.2 Å². The number of rotatable bonds is 5. The van der Waals surface area contributed by atoms with Gasteiger partial charge in [0.15, 0.2) is 0 Å². The first-order chi connectivity index (χ1) is 12.2. The van der Waals surface area contributed by atoms with Gasteiger partial charge in [-0.25, -0.2) is 4.79 Å². The molecule has 0 radical (unpaired) electrons. The molecule has 0 aromatic heterocycles. The van der Waals surface area contributed by atoms with Crippen LogP contribution in [0.5, 0.6) is 5.75 Å². The maximum atomic E-state index is 12.3. The lowest BCUT2D eigenvalue weighted by Crippen LogP contribution is -2.45. The van der Waals surface area contributed by atoms with Gasteiger partial charge in [0.25, 0.3) is 0 Å². The monoisotopic (exact) mass is 340 g/mol. The van der Waals surface area contributed by atoms with Crippen LogP contribution in [0.4, 0.5) is 10.5 Å². The van der Waals surface area contributed by atoms with E-state index in [0.29, 0.717) is 6.54 Å². The number of anilines is 1. The molecule has 2 N–H and O–H groups in total. The van der Waals surface area contributed by atoms with Crippen molar-refractivity contribution in [2.24, 2.45) is 0 Å². The fraction of sp³-hybridized carbons (Fsp3) is 0.350. The minimum atomic E-state index is -0.202. The minimum Gasteiger partial charge on any atom is -0.497 e. The molecule has 5 heteroatoms. The lowest BCUT2D eigenvalue weighted by Gasteiger charge is -2.38. The maximum Gasteiger partial charge on any atom is 0.319 e. The topological polar surface area (TPSA) is 59.6 Å². The molecule has 1 heterocycles. The molecule has 0 saturated carbocycles. The molecule has 1 fully saturated rings. The van der Waals surface area contributed by atoms with E-state index < -0.39 is 0 Å². The average molecular weight is 340 g/mol. The minimum absolute atomic E-state index is 0.0727. The highest BCUT2D eigenvalue weighted by molar-refractivity contribution is 5.89. The van der Waals surface area contributed by atoms with Crippen LogP contribution >= 0.6 is 0 Å². The molecule has 1 aliphatic rings. The zero-order valence-electron chi connectivity index (χ0n) is 14.5. The van der Waals surface area contributed by atoms with E-state index >= 15 is 0 Å². The number of carbonyl (C=O) groups excluding carboxylic acids is 1. The summed E-state index contributed by atoms with van der Waals surface area (Å²) in [5.41, 5.74) is 1.92. The Morgan fingerprint density at radius 3 is 2.40 bits per heavy atom. The van der Waals surface area contributed by atoms with Gasteiger partial charge in [0.1, 0.15) is 5.75 Å². The highest BCUT2D eigenvalue weighted by Gasteiger charge is 2.34. The molecule has 2 aromatic carbocycles. The molecular formula is C20H24N2O3. The number of hydrogen-bond donors (Lipinski definition) is 2. The van der Waals surface area contributed by atoms with Gasteiger partial charge in [-0.05, 0) is 42.7 Å². The van der Waals surface area contributed by atoms with Crippen molar-refractivity contribution in [3.8, 4) is 5.75 Å². The summed E-state index contributed by atoms with van der Waals surface area (Å²) in [5, 5.41) is 5.90. The Morgan fingerprint density at radius 2 is 1.76 bits per heavy atom. The van der Waals surface area contributed by atoms with Crippen LogP contribution < -0.4 is 15.4 Å². The number of hydrogen-bond acceptors (Lipinski definition) is 3. The summed E-state index contributed by atoms with van der Waals surface area (Å²) in [6, 6.07) is 17.4. The third kappa shape index (κ3) is 4.31. The van der Waals surface area contributed by atoms with Gasteiger partial charge in [-0.2, -0.15) is 0 Å². The molecule has 0 spiro atoms. The Morgan fingerprint density at radius 1 is 1.08 bits per heavy atom. The van der Waals surface area contributed by atoms with E-state index in [1.165, 1.54) is 5.56 Å². The van der Waals surface area contributed by atoms with E-state index in [1.54, 1.807) is 7.11 Å². The van der Waals surface area contributed by atoms with Crippen molar-refractivity contribution in [2.75, 3.05) is 32.2 Å². The smallest absolute Gasteiger partial charge is 0.319 e. The molecule has 132 valence electrons. The Kier molecular flexibility index (Phi) is 5.56. The predicted molar refractivity (Wildman–Crippen MR) is 98.2 cm³/mol. The van der Waals surface area contributed by atoms with Crippen molar-refractivity contribution >= 4 is 11.7 Å². The Balaban J connectivity index is 1.63. The fourth-order valence-electron chi connectivity index (χ4n) is 3.22. The van der Waals surface area contributed by atoms with Gasteiger partial charge < -0.3 is 20.1 Å². The molecule has 1 aliphatic heterocycles. The first kappa shape index (κ1) is 17.3. The first-order valence-electron chi connectivity index (χ1n) is 8.54. The van der Waals surface area contributed by atoms with Crippen LogP contribution in [0.25, 0.3) is 0 Å². The largest absolute Gasteiger partial charge is 0.497 e. The Labute approximate surface area is 148 Å². The quantitative estimate of drug-likeness (QED) is 0.875. The fourth-order valence-corrected chi connectivity index (χ4v) is 3.22. The summed E-state index contributed by atoms with van der Waals surface area (Å²) < 4.78 is 10.7. The molecule has 0 bridgehead atoms. The molecule has 0 atom stereocenters. The third-order valence-electron chi connectivity index (χ3n) is 4.77. The van der Waals surface area contributed by atoms with E-state index in [9.17, 15) is 4.79 Å². The van der Waals surface area contributed by atoms with Crippen molar-refractivity contribution < 1.29 is 14.3 Å². The second-order valence-corrected chi connectivity index (χ2v) is 6.29. The summed E-state index contributed by atoms with van der Waals surface area (Å²) in [5.74, 6) is 0.760. The van der Waals surface area contributed by atoms with E-state index in [-0.39, 0.29) is 11.4 Å². The molecule has 2 aromatic rings. The molecule has 0 aliphatic carbocycles. The summed E-state index contributed by atoms with van der Waals surface area (Å²) >= 11 is 0. The van der Waals surface area contributed by atoms with E-state index in [2.05, 4.69) is 22.8 Å². The molecule has 5 nitrogen and oxygen atoms in total. The predicted octanol–water partition coefficient (Wildman–Crippen LogP) is 3.57. The molecule has 25 heavy (non-hydrogen) atoms. The number of carbonyl (C=O) groups is 1. The van der Waals surface area contributed by atoms with E-state index in [0.717, 1.165) is 37.5 Å². The summed E-state index contributed by atoms with van der Waals surface area (Å²) in [6.07, 6.45) is 1.81. The van der Waals surface area contributed by atoms with Crippen LogP contribution in [-0.4, -0.2) is 32.9 Å². The molecule has 3 rings (SSSR count). The zero-order chi connectivity index (χ0) is 17.5. The second kappa shape index (κ2) is 8.03. The number of urea groups is 1. The highest BCUT2D eigenvalue weighted by atomic mass is 16.5.